The minimum absolute atomic E-state index is 0.0621. The molecule has 0 aromatic heterocycles. The molecule has 7 nitrogen and oxygen atoms in total. The van der Waals surface area contributed by atoms with Crippen LogP contribution >= 0.6 is 0 Å². The van der Waals surface area contributed by atoms with Gasteiger partial charge in [-0.25, -0.2) is 9.59 Å². The van der Waals surface area contributed by atoms with Gasteiger partial charge in [0.25, 0.3) is 0 Å². The molecule has 0 bridgehead atoms. The lowest BCUT2D eigenvalue weighted by Gasteiger charge is -2.38. The van der Waals surface area contributed by atoms with E-state index in [1.807, 2.05) is 13.8 Å². The standard InChI is InChI=1S/C15H25NO6/c1-6-21-13(19)15(14(20)22-7-2)11(9(3)4)8-12(18)16(15)10(5)17/h9,11-12,18H,6-8H2,1-5H3. The number of aliphatic hydroxyl groups is 1. The van der Waals surface area contributed by atoms with Crippen LogP contribution in [0, 0.1) is 11.8 Å². The third-order valence-corrected chi connectivity index (χ3v) is 4.00. The first-order valence-electron chi connectivity index (χ1n) is 7.57. The molecule has 0 radical (unpaired) electrons. The number of hydrogen-bond acceptors (Lipinski definition) is 6. The van der Waals surface area contributed by atoms with E-state index < -0.39 is 35.5 Å². The highest BCUT2D eigenvalue weighted by atomic mass is 16.6. The molecule has 126 valence electrons. The van der Waals surface area contributed by atoms with Crippen LogP contribution in [0.3, 0.4) is 0 Å². The van der Waals surface area contributed by atoms with Crippen LogP contribution in [-0.4, -0.2) is 52.8 Å². The largest absolute Gasteiger partial charge is 0.464 e. The lowest BCUT2D eigenvalue weighted by Crippen LogP contribution is -2.64. The van der Waals surface area contributed by atoms with Gasteiger partial charge < -0.3 is 14.6 Å². The van der Waals surface area contributed by atoms with E-state index in [1.165, 1.54) is 6.92 Å². The van der Waals surface area contributed by atoms with Gasteiger partial charge in [-0.2, -0.15) is 0 Å². The van der Waals surface area contributed by atoms with E-state index in [2.05, 4.69) is 0 Å². The van der Waals surface area contributed by atoms with Crippen molar-refractivity contribution in [3.63, 3.8) is 0 Å². The van der Waals surface area contributed by atoms with E-state index in [9.17, 15) is 19.5 Å². The fourth-order valence-corrected chi connectivity index (χ4v) is 3.19. The van der Waals surface area contributed by atoms with Crippen LogP contribution in [0.1, 0.15) is 41.0 Å². The van der Waals surface area contributed by atoms with Crippen molar-refractivity contribution in [2.75, 3.05) is 13.2 Å². The molecule has 0 saturated carbocycles. The summed E-state index contributed by atoms with van der Waals surface area (Å²) in [7, 11) is 0. The van der Waals surface area contributed by atoms with Crippen molar-refractivity contribution in [2.45, 2.75) is 52.8 Å². The summed E-state index contributed by atoms with van der Waals surface area (Å²) in [4.78, 5) is 38.2. The van der Waals surface area contributed by atoms with Gasteiger partial charge >= 0.3 is 11.9 Å². The number of carbonyl (C=O) groups is 3. The van der Waals surface area contributed by atoms with E-state index in [-0.39, 0.29) is 25.6 Å². The molecular weight excluding hydrogens is 290 g/mol. The van der Waals surface area contributed by atoms with Crippen LogP contribution in [0.4, 0.5) is 0 Å². The average Bonchev–Trinajstić information content (AvgIpc) is 2.74. The molecule has 1 N–H and O–H groups in total. The third-order valence-electron chi connectivity index (χ3n) is 4.00. The fourth-order valence-electron chi connectivity index (χ4n) is 3.19. The molecule has 7 heteroatoms. The Labute approximate surface area is 130 Å². The first-order valence-corrected chi connectivity index (χ1v) is 7.57. The summed E-state index contributed by atoms with van der Waals surface area (Å²) in [5, 5.41) is 10.2. The summed E-state index contributed by atoms with van der Waals surface area (Å²) < 4.78 is 10.1. The Morgan fingerprint density at radius 1 is 1.18 bits per heavy atom. The number of rotatable bonds is 5. The summed E-state index contributed by atoms with van der Waals surface area (Å²) in [5.41, 5.74) is -1.93. The monoisotopic (exact) mass is 315 g/mol. The van der Waals surface area contributed by atoms with Crippen LogP contribution in [0.5, 0.6) is 0 Å². The second-order valence-electron chi connectivity index (χ2n) is 5.66. The Kier molecular flexibility index (Phi) is 5.93. The smallest absolute Gasteiger partial charge is 0.344 e. The van der Waals surface area contributed by atoms with Crippen molar-refractivity contribution in [2.24, 2.45) is 11.8 Å². The Hall–Kier alpha value is -1.63. The number of carbonyl (C=O) groups excluding carboxylic acids is 3. The second-order valence-corrected chi connectivity index (χ2v) is 5.66. The van der Waals surface area contributed by atoms with Crippen LogP contribution in [0.15, 0.2) is 0 Å². The number of hydrogen-bond donors (Lipinski definition) is 1. The van der Waals surface area contributed by atoms with Gasteiger partial charge in [0.2, 0.25) is 11.4 Å². The van der Waals surface area contributed by atoms with Gasteiger partial charge in [0, 0.05) is 12.8 Å². The van der Waals surface area contributed by atoms with Crippen LogP contribution in [0.2, 0.25) is 0 Å². The molecule has 1 rings (SSSR count). The molecule has 0 aromatic rings. The van der Waals surface area contributed by atoms with E-state index >= 15 is 0 Å². The second kappa shape index (κ2) is 7.09. The van der Waals surface area contributed by atoms with Gasteiger partial charge in [0.1, 0.15) is 6.23 Å². The highest BCUT2D eigenvalue weighted by Gasteiger charge is 2.67. The first kappa shape index (κ1) is 18.4. The Morgan fingerprint density at radius 3 is 1.95 bits per heavy atom. The van der Waals surface area contributed by atoms with Gasteiger partial charge in [-0.3, -0.25) is 9.69 Å². The van der Waals surface area contributed by atoms with Gasteiger partial charge in [-0.05, 0) is 26.2 Å². The zero-order chi connectivity index (χ0) is 17.1. The highest BCUT2D eigenvalue weighted by molar-refractivity contribution is 6.08. The van der Waals surface area contributed by atoms with Gasteiger partial charge in [0.15, 0.2) is 0 Å². The van der Waals surface area contributed by atoms with Crippen molar-refractivity contribution in [3.05, 3.63) is 0 Å². The highest BCUT2D eigenvalue weighted by Crippen LogP contribution is 2.44. The quantitative estimate of drug-likeness (QED) is 0.593. The zero-order valence-corrected chi connectivity index (χ0v) is 13.8. The van der Waals surface area contributed by atoms with Crippen molar-refractivity contribution in [1.29, 1.82) is 0 Å². The van der Waals surface area contributed by atoms with Gasteiger partial charge in [-0.1, -0.05) is 13.8 Å². The molecule has 1 amide bonds. The maximum atomic E-state index is 12.6. The molecular formula is C15H25NO6. The molecule has 0 spiro atoms. The number of likely N-dealkylation sites (tertiary alicyclic amines) is 1. The van der Waals surface area contributed by atoms with Crippen molar-refractivity contribution >= 4 is 17.8 Å². The van der Waals surface area contributed by atoms with Crippen LogP contribution in [-0.2, 0) is 23.9 Å². The minimum Gasteiger partial charge on any atom is -0.464 e. The van der Waals surface area contributed by atoms with Gasteiger partial charge in [-0.15, -0.1) is 0 Å². The predicted octanol–water partition coefficient (Wildman–Crippen LogP) is 0.694. The first-order chi connectivity index (χ1) is 10.2. The predicted molar refractivity (Wildman–Crippen MR) is 77.5 cm³/mol. The van der Waals surface area contributed by atoms with E-state index in [1.54, 1.807) is 13.8 Å². The summed E-state index contributed by atoms with van der Waals surface area (Å²) >= 11 is 0. The minimum atomic E-state index is -1.93. The average molecular weight is 315 g/mol. The molecule has 2 unspecified atom stereocenters. The molecule has 1 heterocycles. The topological polar surface area (TPSA) is 93.1 Å². The Morgan fingerprint density at radius 2 is 1.64 bits per heavy atom. The fraction of sp³-hybridized carbons (Fsp3) is 0.800. The summed E-state index contributed by atoms with van der Waals surface area (Å²) in [6.45, 7) is 8.22. The maximum Gasteiger partial charge on any atom is 0.344 e. The number of amides is 1. The third kappa shape index (κ3) is 2.82. The molecule has 1 fully saturated rings. The summed E-state index contributed by atoms with van der Waals surface area (Å²) in [6, 6.07) is 0. The summed E-state index contributed by atoms with van der Waals surface area (Å²) in [5.74, 6) is -2.98. The van der Waals surface area contributed by atoms with E-state index in [4.69, 9.17) is 9.47 Å². The lowest BCUT2D eigenvalue weighted by atomic mass is 9.77. The van der Waals surface area contributed by atoms with E-state index in [0.29, 0.717) is 0 Å². The van der Waals surface area contributed by atoms with Crippen molar-refractivity contribution in [3.8, 4) is 0 Å². The zero-order valence-electron chi connectivity index (χ0n) is 13.8. The van der Waals surface area contributed by atoms with E-state index in [0.717, 1.165) is 4.90 Å². The number of nitrogens with zero attached hydrogens (tertiary/aromatic N) is 1. The molecule has 1 saturated heterocycles. The molecule has 1 aliphatic rings. The SMILES string of the molecule is CCOC(=O)C1(C(=O)OCC)C(C(C)C)CC(O)N1C(C)=O. The normalized spacial score (nSPS) is 23.5. The maximum absolute atomic E-state index is 12.6. The van der Waals surface area contributed by atoms with Crippen molar-refractivity contribution < 1.29 is 29.0 Å². The van der Waals surface area contributed by atoms with Crippen LogP contribution < -0.4 is 0 Å². The number of esters is 2. The molecule has 0 aliphatic carbocycles. The molecule has 2 atom stereocenters. The van der Waals surface area contributed by atoms with Gasteiger partial charge in [0.05, 0.1) is 13.2 Å². The molecule has 22 heavy (non-hydrogen) atoms. The Balaban J connectivity index is 3.52. The molecule has 1 aliphatic heterocycles. The molecule has 0 aromatic carbocycles. The van der Waals surface area contributed by atoms with Crippen molar-refractivity contribution in [1.82, 2.24) is 4.90 Å². The number of ether oxygens (including phenoxy) is 2. The lowest BCUT2D eigenvalue weighted by molar-refractivity contribution is -0.185. The van der Waals surface area contributed by atoms with Crippen LogP contribution in [0.25, 0.3) is 0 Å². The summed E-state index contributed by atoms with van der Waals surface area (Å²) in [6.07, 6.45) is -1.10. The Bertz CT molecular complexity index is 429. The number of aliphatic hydroxyl groups excluding tert-OH is 1.